The highest BCUT2D eigenvalue weighted by Gasteiger charge is 2.13. The number of Topliss-reactive ketones (excluding diaryl/α,β-unsaturated/α-hetero) is 1. The van der Waals surface area contributed by atoms with Crippen molar-refractivity contribution in [2.45, 2.75) is 38.6 Å². The van der Waals surface area contributed by atoms with Crippen molar-refractivity contribution in [1.29, 1.82) is 0 Å². The molecule has 0 amide bonds. The molecule has 1 aliphatic heterocycles. The minimum atomic E-state index is 0. The normalized spacial score (nSPS) is 23.9. The second kappa shape index (κ2) is 5.56. The monoisotopic (exact) mass is 177 g/mol. The Morgan fingerprint density at radius 1 is 1.55 bits per heavy atom. The Labute approximate surface area is 74.2 Å². The van der Waals surface area contributed by atoms with Gasteiger partial charge in [-0.3, -0.25) is 4.79 Å². The molecule has 1 N–H and O–H groups in total. The first-order valence-electron chi connectivity index (χ1n) is 4.02. The average Bonchev–Trinajstić information content (AvgIpc) is 1.88. The van der Waals surface area contributed by atoms with Crippen LogP contribution in [0.3, 0.4) is 0 Å². The number of hydrogen-bond acceptors (Lipinski definition) is 2. The van der Waals surface area contributed by atoms with Crippen LogP contribution in [0.2, 0.25) is 0 Å². The molecule has 0 saturated carbocycles. The Balaban J connectivity index is 0.000001000. The van der Waals surface area contributed by atoms with Gasteiger partial charge in [0, 0.05) is 12.5 Å². The number of carbonyl (C=O) groups is 1. The molecule has 2 nitrogen and oxygen atoms in total. The summed E-state index contributed by atoms with van der Waals surface area (Å²) >= 11 is 0. The Hall–Kier alpha value is -0.0800. The van der Waals surface area contributed by atoms with Gasteiger partial charge in [0.2, 0.25) is 0 Å². The van der Waals surface area contributed by atoms with Gasteiger partial charge >= 0.3 is 0 Å². The highest BCUT2D eigenvalue weighted by Crippen LogP contribution is 2.09. The van der Waals surface area contributed by atoms with E-state index in [4.69, 9.17) is 0 Å². The molecule has 1 aliphatic rings. The van der Waals surface area contributed by atoms with Gasteiger partial charge in [-0.2, -0.15) is 0 Å². The zero-order chi connectivity index (χ0) is 7.40. The van der Waals surface area contributed by atoms with Crippen LogP contribution in [-0.4, -0.2) is 18.4 Å². The summed E-state index contributed by atoms with van der Waals surface area (Å²) < 4.78 is 0. The lowest BCUT2D eigenvalue weighted by Gasteiger charge is -2.21. The van der Waals surface area contributed by atoms with Crippen LogP contribution in [0.1, 0.15) is 32.6 Å². The molecule has 3 heteroatoms. The Morgan fingerprint density at radius 3 is 2.73 bits per heavy atom. The summed E-state index contributed by atoms with van der Waals surface area (Å²) in [7, 11) is 0. The van der Waals surface area contributed by atoms with Gasteiger partial charge in [0.1, 0.15) is 5.78 Å². The molecule has 1 fully saturated rings. The summed E-state index contributed by atoms with van der Waals surface area (Å²) in [5, 5.41) is 3.33. The quantitative estimate of drug-likeness (QED) is 0.693. The van der Waals surface area contributed by atoms with E-state index in [0.717, 1.165) is 13.0 Å². The SMILES string of the molecule is CC(=O)C[C@H]1CCCCN1.Cl. The largest absolute Gasteiger partial charge is 0.314 e. The zero-order valence-corrected chi connectivity index (χ0v) is 7.75. The Bertz CT molecular complexity index is 121. The molecule has 1 saturated heterocycles. The fraction of sp³-hybridized carbons (Fsp3) is 0.875. The number of ketones is 1. The van der Waals surface area contributed by atoms with Crippen LogP contribution in [0.25, 0.3) is 0 Å². The van der Waals surface area contributed by atoms with Gasteiger partial charge in [0.05, 0.1) is 0 Å². The number of hydrogen-bond donors (Lipinski definition) is 1. The first-order chi connectivity index (χ1) is 4.79. The molecule has 0 aromatic heterocycles. The maximum atomic E-state index is 10.7. The standard InChI is InChI=1S/C8H15NO.ClH/c1-7(10)6-8-4-2-3-5-9-8;/h8-9H,2-6H2,1H3;1H/t8-;/m1./s1. The van der Waals surface area contributed by atoms with Crippen LogP contribution >= 0.6 is 12.4 Å². The van der Waals surface area contributed by atoms with E-state index in [2.05, 4.69) is 5.32 Å². The third kappa shape index (κ3) is 4.38. The molecular formula is C8H16ClNO. The highest BCUT2D eigenvalue weighted by atomic mass is 35.5. The van der Waals surface area contributed by atoms with Crippen molar-refractivity contribution < 1.29 is 4.79 Å². The molecule has 1 rings (SSSR count). The molecule has 0 bridgehead atoms. The molecule has 11 heavy (non-hydrogen) atoms. The van der Waals surface area contributed by atoms with Crippen LogP contribution in [0.15, 0.2) is 0 Å². The van der Waals surface area contributed by atoms with Gasteiger partial charge in [0.25, 0.3) is 0 Å². The van der Waals surface area contributed by atoms with Crippen molar-refractivity contribution in [3.8, 4) is 0 Å². The van der Waals surface area contributed by atoms with Gasteiger partial charge < -0.3 is 5.32 Å². The van der Waals surface area contributed by atoms with Gasteiger partial charge in [-0.25, -0.2) is 0 Å². The van der Waals surface area contributed by atoms with Crippen molar-refractivity contribution in [3.05, 3.63) is 0 Å². The molecule has 66 valence electrons. The van der Waals surface area contributed by atoms with Crippen molar-refractivity contribution in [2.75, 3.05) is 6.54 Å². The molecule has 1 atom stereocenters. The third-order valence-electron chi connectivity index (χ3n) is 1.95. The smallest absolute Gasteiger partial charge is 0.131 e. The maximum Gasteiger partial charge on any atom is 0.131 e. The third-order valence-corrected chi connectivity index (χ3v) is 1.95. The molecule has 0 spiro atoms. The zero-order valence-electron chi connectivity index (χ0n) is 6.93. The number of piperidine rings is 1. The topological polar surface area (TPSA) is 29.1 Å². The van der Waals surface area contributed by atoms with Gasteiger partial charge in [-0.1, -0.05) is 6.42 Å². The molecular weight excluding hydrogens is 162 g/mol. The summed E-state index contributed by atoms with van der Waals surface area (Å²) in [4.78, 5) is 10.7. The summed E-state index contributed by atoms with van der Waals surface area (Å²) in [6.45, 7) is 2.76. The lowest BCUT2D eigenvalue weighted by molar-refractivity contribution is -0.117. The predicted octanol–water partition coefficient (Wildman–Crippen LogP) is 1.53. The average molecular weight is 178 g/mol. The molecule has 0 aromatic carbocycles. The van der Waals surface area contributed by atoms with E-state index >= 15 is 0 Å². The lowest BCUT2D eigenvalue weighted by atomic mass is 10.0. The van der Waals surface area contributed by atoms with E-state index in [1.807, 2.05) is 0 Å². The fourth-order valence-corrected chi connectivity index (χ4v) is 1.45. The van der Waals surface area contributed by atoms with Gasteiger partial charge in [-0.05, 0) is 26.3 Å². The number of carbonyl (C=O) groups excluding carboxylic acids is 1. The van der Waals surface area contributed by atoms with Gasteiger partial charge in [0.15, 0.2) is 0 Å². The van der Waals surface area contributed by atoms with Crippen molar-refractivity contribution in [3.63, 3.8) is 0 Å². The maximum absolute atomic E-state index is 10.7. The summed E-state index contributed by atoms with van der Waals surface area (Å²) in [6.07, 6.45) is 4.46. The van der Waals surface area contributed by atoms with Crippen molar-refractivity contribution in [1.82, 2.24) is 5.32 Å². The minimum Gasteiger partial charge on any atom is -0.314 e. The van der Waals surface area contributed by atoms with E-state index in [1.54, 1.807) is 6.92 Å². The van der Waals surface area contributed by atoms with Crippen LogP contribution in [0.4, 0.5) is 0 Å². The molecule has 1 heterocycles. The fourth-order valence-electron chi connectivity index (χ4n) is 1.45. The van der Waals surface area contributed by atoms with E-state index in [9.17, 15) is 4.79 Å². The number of nitrogens with one attached hydrogen (secondary N) is 1. The van der Waals surface area contributed by atoms with Crippen LogP contribution in [0, 0.1) is 0 Å². The molecule has 0 aromatic rings. The lowest BCUT2D eigenvalue weighted by Crippen LogP contribution is -2.35. The first-order valence-corrected chi connectivity index (χ1v) is 4.02. The minimum absolute atomic E-state index is 0. The van der Waals surface area contributed by atoms with Gasteiger partial charge in [-0.15, -0.1) is 12.4 Å². The van der Waals surface area contributed by atoms with Crippen LogP contribution in [-0.2, 0) is 4.79 Å². The number of halogens is 1. The summed E-state index contributed by atoms with van der Waals surface area (Å²) in [5.41, 5.74) is 0. The van der Waals surface area contributed by atoms with E-state index in [-0.39, 0.29) is 12.4 Å². The summed E-state index contributed by atoms with van der Waals surface area (Å²) in [5.74, 6) is 0.305. The van der Waals surface area contributed by atoms with Crippen LogP contribution < -0.4 is 5.32 Å². The number of rotatable bonds is 2. The Kier molecular flexibility index (Phi) is 5.51. The van der Waals surface area contributed by atoms with E-state index in [0.29, 0.717) is 11.8 Å². The van der Waals surface area contributed by atoms with E-state index in [1.165, 1.54) is 19.3 Å². The molecule has 0 radical (unpaired) electrons. The first kappa shape index (κ1) is 10.9. The highest BCUT2D eigenvalue weighted by molar-refractivity contribution is 5.85. The second-order valence-corrected chi connectivity index (χ2v) is 3.05. The molecule has 0 aliphatic carbocycles. The summed E-state index contributed by atoms with van der Waals surface area (Å²) in [6, 6.07) is 0.478. The Morgan fingerprint density at radius 2 is 2.27 bits per heavy atom. The van der Waals surface area contributed by atoms with Crippen LogP contribution in [0.5, 0.6) is 0 Å². The predicted molar refractivity (Wildman–Crippen MR) is 48.2 cm³/mol. The second-order valence-electron chi connectivity index (χ2n) is 3.05. The van der Waals surface area contributed by atoms with Crippen molar-refractivity contribution >= 4 is 18.2 Å². The van der Waals surface area contributed by atoms with E-state index < -0.39 is 0 Å². The molecule has 0 unspecified atom stereocenters. The van der Waals surface area contributed by atoms with Crippen molar-refractivity contribution in [2.24, 2.45) is 0 Å².